The van der Waals surface area contributed by atoms with Gasteiger partial charge in [-0.05, 0) is 0 Å². The van der Waals surface area contributed by atoms with Gasteiger partial charge in [0.05, 0.1) is 0 Å². The summed E-state index contributed by atoms with van der Waals surface area (Å²) in [6.45, 7) is 0. The van der Waals surface area contributed by atoms with Gasteiger partial charge in [-0.2, -0.15) is 0 Å². The molecular weight excluding hydrogens is 361 g/mol. The summed E-state index contributed by atoms with van der Waals surface area (Å²) in [5, 5.41) is -0.435. The Morgan fingerprint density at radius 2 is 1.53 bits per heavy atom. The van der Waals surface area contributed by atoms with Gasteiger partial charge in [-0.25, -0.2) is 0 Å². The first kappa shape index (κ1) is 16.1. The van der Waals surface area contributed by atoms with Crippen molar-refractivity contribution in [1.82, 2.24) is 0 Å². The molecule has 2 rings (SSSR count). The Bertz CT molecular complexity index is 464. The van der Waals surface area contributed by atoms with Crippen molar-refractivity contribution in [2.24, 2.45) is 0 Å². The SMILES string of the molecule is COP1(OC)(OC)OC2=C(Cl)C(Cl)=C(Cl)C(Cl)C2O1. The molecule has 0 spiro atoms. The molecule has 1 aliphatic carbocycles. The fourth-order valence-electron chi connectivity index (χ4n) is 1.75. The van der Waals surface area contributed by atoms with Gasteiger partial charge in [-0.1, -0.05) is 0 Å². The second-order valence-corrected chi connectivity index (χ2v) is 8.27. The Hall–Kier alpha value is 0.710. The molecule has 0 saturated carbocycles. The molecule has 19 heavy (non-hydrogen) atoms. The molecule has 1 saturated heterocycles. The van der Waals surface area contributed by atoms with Crippen LogP contribution < -0.4 is 0 Å². The molecule has 5 nitrogen and oxygen atoms in total. The normalized spacial score (nSPS) is 34.6. The second kappa shape index (κ2) is 5.16. The zero-order valence-corrected chi connectivity index (χ0v) is 14.1. The van der Waals surface area contributed by atoms with Crippen molar-refractivity contribution in [1.29, 1.82) is 0 Å². The molecule has 2 aliphatic rings. The van der Waals surface area contributed by atoms with Gasteiger partial charge in [0.1, 0.15) is 0 Å². The monoisotopic (exact) mass is 370 g/mol. The molecule has 110 valence electrons. The molecule has 0 aromatic heterocycles. The van der Waals surface area contributed by atoms with E-state index in [2.05, 4.69) is 0 Å². The zero-order chi connectivity index (χ0) is 14.4. The standard InChI is InChI=1S/C9H11Cl4O5P/c1-14-19(15-2,16-3)17-8-6(12)4(10)5(11)7(13)9(8)18-19/h6,8H,1-3H3. The van der Waals surface area contributed by atoms with E-state index in [0.29, 0.717) is 0 Å². The van der Waals surface area contributed by atoms with Gasteiger partial charge in [-0.15, -0.1) is 0 Å². The minimum atomic E-state index is -4.23. The van der Waals surface area contributed by atoms with Crippen molar-refractivity contribution < 1.29 is 22.6 Å². The van der Waals surface area contributed by atoms with Crippen LogP contribution >= 0.6 is 54.1 Å². The summed E-state index contributed by atoms with van der Waals surface area (Å²) in [5.74, 6) is 0.180. The molecule has 0 N–H and O–H groups in total. The summed E-state index contributed by atoms with van der Waals surface area (Å²) in [5.41, 5.74) is 0. The van der Waals surface area contributed by atoms with Crippen LogP contribution in [0.1, 0.15) is 0 Å². The van der Waals surface area contributed by atoms with E-state index in [0.717, 1.165) is 0 Å². The molecule has 10 heteroatoms. The molecular formula is C9H11Cl4O5P. The third kappa shape index (κ3) is 2.20. The van der Waals surface area contributed by atoms with Crippen LogP contribution in [0.25, 0.3) is 0 Å². The van der Waals surface area contributed by atoms with Gasteiger partial charge < -0.3 is 0 Å². The predicted molar refractivity (Wildman–Crippen MR) is 75.2 cm³/mol. The average Bonchev–Trinajstić information content (AvgIpc) is 2.81. The molecule has 1 heterocycles. The molecule has 0 aromatic rings. The summed E-state index contributed by atoms with van der Waals surface area (Å²) < 4.78 is 27.0. The van der Waals surface area contributed by atoms with E-state index >= 15 is 0 Å². The molecule has 1 fully saturated rings. The van der Waals surface area contributed by atoms with E-state index in [1.54, 1.807) is 0 Å². The molecule has 0 amide bonds. The second-order valence-electron chi connectivity index (χ2n) is 3.65. The first-order valence-electron chi connectivity index (χ1n) is 5.02. The molecule has 1 aliphatic heterocycles. The molecule has 0 bridgehead atoms. The number of hydrogen-bond donors (Lipinski definition) is 0. The van der Waals surface area contributed by atoms with E-state index < -0.39 is 19.2 Å². The summed E-state index contributed by atoms with van der Waals surface area (Å²) >= 11 is 24.2. The zero-order valence-electron chi connectivity index (χ0n) is 10.2. The molecule has 2 unspecified atom stereocenters. The number of allylic oxidation sites excluding steroid dienone is 2. The van der Waals surface area contributed by atoms with Crippen molar-refractivity contribution in [3.05, 3.63) is 20.9 Å². The Morgan fingerprint density at radius 3 is 2.00 bits per heavy atom. The Kier molecular flexibility index (Phi) is 4.37. The topological polar surface area (TPSA) is 46.2 Å². The van der Waals surface area contributed by atoms with E-state index in [9.17, 15) is 0 Å². The minimum absolute atomic E-state index is 0.0891. The maximum absolute atomic E-state index is 6.17. The van der Waals surface area contributed by atoms with Gasteiger partial charge in [0.2, 0.25) is 0 Å². The predicted octanol–water partition coefficient (Wildman–Crippen LogP) is 4.23. The van der Waals surface area contributed by atoms with Crippen molar-refractivity contribution in [3.8, 4) is 0 Å². The fourth-order valence-corrected chi connectivity index (χ4v) is 5.00. The first-order valence-corrected chi connectivity index (χ1v) is 8.42. The van der Waals surface area contributed by atoms with Crippen molar-refractivity contribution in [2.45, 2.75) is 11.5 Å². The van der Waals surface area contributed by atoms with Crippen LogP contribution in [0.5, 0.6) is 0 Å². The summed E-state index contributed by atoms with van der Waals surface area (Å²) in [6.07, 6.45) is -0.804. The summed E-state index contributed by atoms with van der Waals surface area (Å²) in [7, 11) is -0.236. The van der Waals surface area contributed by atoms with Gasteiger partial charge in [0.25, 0.3) is 0 Å². The quantitative estimate of drug-likeness (QED) is 0.548. The third-order valence-corrected chi connectivity index (χ3v) is 7.61. The number of halogens is 4. The van der Waals surface area contributed by atoms with Crippen molar-refractivity contribution in [2.75, 3.05) is 21.3 Å². The van der Waals surface area contributed by atoms with Crippen molar-refractivity contribution in [3.63, 3.8) is 0 Å². The van der Waals surface area contributed by atoms with Crippen molar-refractivity contribution >= 4 is 54.1 Å². The van der Waals surface area contributed by atoms with E-state index in [-0.39, 0.29) is 20.9 Å². The van der Waals surface area contributed by atoms with E-state index in [1.807, 2.05) is 0 Å². The van der Waals surface area contributed by atoms with E-state index in [1.165, 1.54) is 21.3 Å². The Morgan fingerprint density at radius 1 is 1.00 bits per heavy atom. The summed E-state index contributed by atoms with van der Waals surface area (Å²) in [6, 6.07) is 0. The number of fused-ring (bicyclic) bond motifs is 1. The van der Waals surface area contributed by atoms with Crippen LogP contribution in [0, 0.1) is 0 Å². The van der Waals surface area contributed by atoms with Gasteiger partial charge in [0.15, 0.2) is 0 Å². The van der Waals surface area contributed by atoms with Crippen LogP contribution in [0.3, 0.4) is 0 Å². The molecule has 2 atom stereocenters. The number of hydrogen-bond acceptors (Lipinski definition) is 5. The van der Waals surface area contributed by atoms with Crippen LogP contribution in [-0.4, -0.2) is 32.8 Å². The Labute approximate surface area is 130 Å². The molecule has 0 aromatic carbocycles. The van der Waals surface area contributed by atoms with Crippen LogP contribution in [0.2, 0.25) is 0 Å². The average molecular weight is 372 g/mol. The van der Waals surface area contributed by atoms with Gasteiger partial charge in [0, 0.05) is 0 Å². The maximum atomic E-state index is 6.17. The number of rotatable bonds is 3. The van der Waals surface area contributed by atoms with Crippen LogP contribution in [0.4, 0.5) is 0 Å². The first-order chi connectivity index (χ1) is 8.83. The number of alkyl halides is 1. The van der Waals surface area contributed by atoms with Crippen LogP contribution in [-0.2, 0) is 22.6 Å². The summed E-state index contributed by atoms with van der Waals surface area (Å²) in [4.78, 5) is 0. The van der Waals surface area contributed by atoms with Gasteiger partial charge in [-0.3, -0.25) is 0 Å². The van der Waals surface area contributed by atoms with Gasteiger partial charge >= 0.3 is 130 Å². The van der Waals surface area contributed by atoms with E-state index in [4.69, 9.17) is 69.0 Å². The third-order valence-electron chi connectivity index (χ3n) is 2.81. The molecule has 0 radical (unpaired) electrons. The Balaban J connectivity index is 2.53. The van der Waals surface area contributed by atoms with Crippen LogP contribution in [0.15, 0.2) is 20.9 Å². The fraction of sp³-hybridized carbons (Fsp3) is 0.556.